The summed E-state index contributed by atoms with van der Waals surface area (Å²) in [6.07, 6.45) is 9.48. The Bertz CT molecular complexity index is 1800. The van der Waals surface area contributed by atoms with Crippen LogP contribution in [0, 0.1) is 19.3 Å². The lowest BCUT2D eigenvalue weighted by atomic mass is 9.84. The predicted molar refractivity (Wildman–Crippen MR) is 172 cm³/mol. The molecule has 5 aromatic carbocycles. The van der Waals surface area contributed by atoms with Crippen LogP contribution < -0.4 is 4.90 Å². The van der Waals surface area contributed by atoms with E-state index >= 15 is 0 Å². The standard InChI is InChI=1S/C38H33NO3/c1-3-28-11-7-8-15-34(28)36-35-16-10-9-14-32(35)27(2)33(37(36)40)21-22-38(41,29-12-5-4-6-13-29)30-17-19-31(20-18-30)39-23-25-42-26-24-39/h1,4-22,40-41H,23-26H2,2H3/b22-21-. The van der Waals surface area contributed by atoms with Gasteiger partial charge in [0.2, 0.25) is 0 Å². The van der Waals surface area contributed by atoms with Crippen molar-refractivity contribution in [2.24, 2.45) is 0 Å². The Morgan fingerprint density at radius 1 is 0.810 bits per heavy atom. The normalized spacial score (nSPS) is 15.0. The van der Waals surface area contributed by atoms with Crippen molar-refractivity contribution in [1.29, 1.82) is 0 Å². The fourth-order valence-corrected chi connectivity index (χ4v) is 5.92. The summed E-state index contributed by atoms with van der Waals surface area (Å²) < 4.78 is 5.51. The number of nitrogens with zero attached hydrogens (tertiary/aromatic N) is 1. The Balaban J connectivity index is 1.50. The largest absolute Gasteiger partial charge is 0.507 e. The number of aromatic hydroxyl groups is 1. The molecule has 208 valence electrons. The highest BCUT2D eigenvalue weighted by atomic mass is 16.5. The minimum absolute atomic E-state index is 0.128. The summed E-state index contributed by atoms with van der Waals surface area (Å²) in [6.45, 7) is 5.10. The molecule has 1 saturated heterocycles. The van der Waals surface area contributed by atoms with Crippen molar-refractivity contribution in [2.45, 2.75) is 12.5 Å². The predicted octanol–water partition coefficient (Wildman–Crippen LogP) is 7.29. The van der Waals surface area contributed by atoms with E-state index in [1.807, 2.05) is 97.9 Å². The zero-order valence-corrected chi connectivity index (χ0v) is 23.6. The number of anilines is 1. The molecule has 0 aromatic heterocycles. The van der Waals surface area contributed by atoms with Crippen molar-refractivity contribution < 1.29 is 14.9 Å². The topological polar surface area (TPSA) is 52.9 Å². The zero-order valence-electron chi connectivity index (χ0n) is 23.6. The first-order chi connectivity index (χ1) is 20.5. The van der Waals surface area contributed by atoms with Crippen LogP contribution in [0.2, 0.25) is 0 Å². The molecular weight excluding hydrogens is 518 g/mol. The van der Waals surface area contributed by atoms with E-state index in [2.05, 4.69) is 29.0 Å². The van der Waals surface area contributed by atoms with Crippen molar-refractivity contribution in [3.8, 4) is 29.2 Å². The third-order valence-electron chi connectivity index (χ3n) is 8.24. The van der Waals surface area contributed by atoms with Crippen molar-refractivity contribution >= 4 is 22.5 Å². The van der Waals surface area contributed by atoms with Crippen LogP contribution in [0.15, 0.2) is 109 Å². The third kappa shape index (κ3) is 4.94. The number of morpholine rings is 1. The van der Waals surface area contributed by atoms with Gasteiger partial charge in [-0.15, -0.1) is 6.42 Å². The molecule has 2 N–H and O–H groups in total. The van der Waals surface area contributed by atoms with E-state index in [1.165, 1.54) is 0 Å². The number of fused-ring (bicyclic) bond motifs is 1. The Labute approximate surface area is 247 Å². The lowest BCUT2D eigenvalue weighted by molar-refractivity contribution is 0.122. The van der Waals surface area contributed by atoms with E-state index in [-0.39, 0.29) is 5.75 Å². The summed E-state index contributed by atoms with van der Waals surface area (Å²) in [4.78, 5) is 2.29. The number of rotatable bonds is 6. The highest BCUT2D eigenvalue weighted by Crippen LogP contribution is 2.44. The van der Waals surface area contributed by atoms with Gasteiger partial charge >= 0.3 is 0 Å². The molecule has 0 radical (unpaired) electrons. The van der Waals surface area contributed by atoms with Crippen LogP contribution in [0.3, 0.4) is 0 Å². The monoisotopic (exact) mass is 551 g/mol. The highest BCUT2D eigenvalue weighted by molar-refractivity contribution is 6.05. The van der Waals surface area contributed by atoms with Gasteiger partial charge in [-0.3, -0.25) is 0 Å². The SMILES string of the molecule is C#Cc1ccccc1-c1c(O)c(/C=C\C(O)(c2ccccc2)c2ccc(N3CCOCC3)cc2)c(C)c2ccccc12. The molecule has 5 aromatic rings. The minimum Gasteiger partial charge on any atom is -0.507 e. The summed E-state index contributed by atoms with van der Waals surface area (Å²) >= 11 is 0. The second kappa shape index (κ2) is 11.6. The molecule has 1 aliphatic rings. The molecule has 6 rings (SSSR count). The van der Waals surface area contributed by atoms with Crippen LogP contribution in [-0.4, -0.2) is 36.5 Å². The highest BCUT2D eigenvalue weighted by Gasteiger charge is 2.29. The summed E-state index contributed by atoms with van der Waals surface area (Å²) in [6, 6.07) is 33.3. The van der Waals surface area contributed by atoms with E-state index < -0.39 is 5.60 Å². The molecule has 0 saturated carbocycles. The molecule has 0 bridgehead atoms. The van der Waals surface area contributed by atoms with Gasteiger partial charge in [-0.1, -0.05) is 96.9 Å². The summed E-state index contributed by atoms with van der Waals surface area (Å²) in [7, 11) is 0. The van der Waals surface area contributed by atoms with Crippen molar-refractivity contribution in [3.63, 3.8) is 0 Å². The Hall–Kier alpha value is -4.82. The fourth-order valence-electron chi connectivity index (χ4n) is 5.92. The van der Waals surface area contributed by atoms with E-state index in [0.29, 0.717) is 29.9 Å². The van der Waals surface area contributed by atoms with Crippen LogP contribution >= 0.6 is 0 Å². The van der Waals surface area contributed by atoms with Gasteiger partial charge in [0.25, 0.3) is 0 Å². The summed E-state index contributed by atoms with van der Waals surface area (Å²) in [5.74, 6) is 2.90. The molecule has 1 atom stereocenters. The lowest BCUT2D eigenvalue weighted by Crippen LogP contribution is -2.36. The van der Waals surface area contributed by atoms with Crippen LogP contribution in [0.25, 0.3) is 28.0 Å². The number of aryl methyl sites for hydroxylation is 1. The van der Waals surface area contributed by atoms with Gasteiger partial charge in [-0.2, -0.15) is 0 Å². The summed E-state index contributed by atoms with van der Waals surface area (Å²) in [5.41, 5.74) is 4.86. The summed E-state index contributed by atoms with van der Waals surface area (Å²) in [5, 5.41) is 26.1. The van der Waals surface area contributed by atoms with Crippen LogP contribution in [0.4, 0.5) is 5.69 Å². The van der Waals surface area contributed by atoms with Crippen LogP contribution in [-0.2, 0) is 10.3 Å². The van der Waals surface area contributed by atoms with Crippen molar-refractivity contribution in [1.82, 2.24) is 0 Å². The van der Waals surface area contributed by atoms with Crippen LogP contribution in [0.1, 0.15) is 27.8 Å². The molecule has 0 amide bonds. The Morgan fingerprint density at radius 3 is 2.14 bits per heavy atom. The molecule has 42 heavy (non-hydrogen) atoms. The maximum Gasteiger partial charge on any atom is 0.134 e. The second-order valence-corrected chi connectivity index (χ2v) is 10.6. The van der Waals surface area contributed by atoms with Gasteiger partial charge in [0.1, 0.15) is 11.4 Å². The van der Waals surface area contributed by atoms with Gasteiger partial charge in [-0.05, 0) is 58.7 Å². The molecule has 0 spiro atoms. The molecular formula is C38H33NO3. The first kappa shape index (κ1) is 27.4. The van der Waals surface area contributed by atoms with Gasteiger partial charge in [-0.25, -0.2) is 0 Å². The molecule has 1 fully saturated rings. The first-order valence-electron chi connectivity index (χ1n) is 14.2. The quantitative estimate of drug-likeness (QED) is 0.218. The van der Waals surface area contributed by atoms with E-state index in [1.54, 1.807) is 6.08 Å². The first-order valence-corrected chi connectivity index (χ1v) is 14.2. The van der Waals surface area contributed by atoms with Crippen LogP contribution in [0.5, 0.6) is 5.75 Å². The number of phenolic OH excluding ortho intramolecular Hbond substituents is 1. The number of hydrogen-bond acceptors (Lipinski definition) is 4. The van der Waals surface area contributed by atoms with Gasteiger partial charge in [0.15, 0.2) is 0 Å². The number of terminal acetylenes is 1. The molecule has 0 aliphatic carbocycles. The fraction of sp³-hybridized carbons (Fsp3) is 0.158. The molecule has 4 nitrogen and oxygen atoms in total. The smallest absolute Gasteiger partial charge is 0.134 e. The number of hydrogen-bond donors (Lipinski definition) is 2. The zero-order chi connectivity index (χ0) is 29.1. The maximum atomic E-state index is 12.4. The molecule has 4 heteroatoms. The second-order valence-electron chi connectivity index (χ2n) is 10.6. The lowest BCUT2D eigenvalue weighted by Gasteiger charge is -2.30. The Kier molecular flexibility index (Phi) is 7.54. The maximum absolute atomic E-state index is 12.4. The molecule has 1 aliphatic heterocycles. The van der Waals surface area contributed by atoms with Gasteiger partial charge < -0.3 is 19.8 Å². The average molecular weight is 552 g/mol. The minimum atomic E-state index is -1.44. The van der Waals surface area contributed by atoms with E-state index in [9.17, 15) is 10.2 Å². The number of benzene rings is 5. The van der Waals surface area contributed by atoms with Crippen molar-refractivity contribution in [3.05, 3.63) is 137 Å². The van der Waals surface area contributed by atoms with Crippen molar-refractivity contribution in [2.75, 3.05) is 31.2 Å². The van der Waals surface area contributed by atoms with Gasteiger partial charge in [0.05, 0.1) is 13.2 Å². The Morgan fingerprint density at radius 2 is 1.43 bits per heavy atom. The third-order valence-corrected chi connectivity index (χ3v) is 8.24. The van der Waals surface area contributed by atoms with Gasteiger partial charge in [0, 0.05) is 41.0 Å². The molecule has 1 unspecified atom stereocenters. The number of ether oxygens (including phenoxy) is 1. The average Bonchev–Trinajstić information content (AvgIpc) is 3.06. The number of aliphatic hydroxyl groups is 1. The van der Waals surface area contributed by atoms with E-state index in [4.69, 9.17) is 11.2 Å². The number of phenols is 1. The van der Waals surface area contributed by atoms with E-state index in [0.717, 1.165) is 51.8 Å². The molecule has 1 heterocycles.